The van der Waals surface area contributed by atoms with Gasteiger partial charge in [-0.15, -0.1) is 0 Å². The maximum Gasteiger partial charge on any atom is 0.219 e. The first-order chi connectivity index (χ1) is 15.6. The fraction of sp³-hybridized carbons (Fsp3) is 0.500. The molecule has 0 saturated carbocycles. The fourth-order valence-corrected chi connectivity index (χ4v) is 3.91. The van der Waals surface area contributed by atoms with Gasteiger partial charge in [0, 0.05) is 58.6 Å². The van der Waals surface area contributed by atoms with Crippen molar-refractivity contribution in [2.24, 2.45) is 5.16 Å². The van der Waals surface area contributed by atoms with Crippen LogP contribution >= 0.6 is 0 Å². The van der Waals surface area contributed by atoms with Gasteiger partial charge in [-0.2, -0.15) is 0 Å². The molecule has 1 aliphatic heterocycles. The largest absolute Gasteiger partial charge is 0.396 e. The van der Waals surface area contributed by atoms with Crippen molar-refractivity contribution in [3.8, 4) is 0 Å². The van der Waals surface area contributed by atoms with Gasteiger partial charge < -0.3 is 24.8 Å². The number of rotatable bonds is 8. The second-order valence-corrected chi connectivity index (χ2v) is 7.73. The van der Waals surface area contributed by atoms with Crippen LogP contribution in [0.2, 0.25) is 0 Å². The number of pyridine rings is 2. The smallest absolute Gasteiger partial charge is 0.219 e. The Bertz CT molecular complexity index is 1130. The molecule has 0 bridgehead atoms. The quantitative estimate of drug-likeness (QED) is 0.423. The third-order valence-corrected chi connectivity index (χ3v) is 5.57. The van der Waals surface area contributed by atoms with Crippen LogP contribution < -0.4 is 5.73 Å². The van der Waals surface area contributed by atoms with Crippen molar-refractivity contribution in [3.63, 3.8) is 0 Å². The lowest BCUT2D eigenvalue weighted by Gasteiger charge is -2.26. The van der Waals surface area contributed by atoms with Crippen LogP contribution in [0.5, 0.6) is 0 Å². The van der Waals surface area contributed by atoms with E-state index in [0.29, 0.717) is 50.8 Å². The van der Waals surface area contributed by atoms with Gasteiger partial charge >= 0.3 is 0 Å². The molecule has 0 aromatic carbocycles. The number of hydrogen-bond donors (Lipinski definition) is 1. The third-order valence-electron chi connectivity index (χ3n) is 5.57. The van der Waals surface area contributed by atoms with Gasteiger partial charge in [-0.05, 0) is 19.1 Å². The van der Waals surface area contributed by atoms with Crippen molar-refractivity contribution < 1.29 is 14.4 Å². The molecule has 3 aromatic rings. The first-order valence-electron chi connectivity index (χ1n) is 11.0. The summed E-state index contributed by atoms with van der Waals surface area (Å²) >= 11 is 0. The average molecular weight is 440 g/mol. The molecule has 3 aromatic heterocycles. The third kappa shape index (κ3) is 4.64. The molecule has 0 unspecified atom stereocenters. The summed E-state index contributed by atoms with van der Waals surface area (Å²) in [5, 5.41) is 4.28. The summed E-state index contributed by atoms with van der Waals surface area (Å²) in [6.07, 6.45) is 4.00. The highest BCUT2D eigenvalue weighted by molar-refractivity contribution is 6.04. The predicted molar refractivity (Wildman–Crippen MR) is 122 cm³/mol. The minimum Gasteiger partial charge on any atom is -0.396 e. The standard InChI is InChI=1S/C22H29N7O3/c1-3-31-14-18-26-20-21(19-17(25-22(20)23)6-4-9-24-19)29(18)10-5-13-32-27-16-7-11-28(12-8-16)15(2)30/h4,6,9H,3,5,7-8,10-14H2,1-2H3,(H2,23,25). The highest BCUT2D eigenvalue weighted by Crippen LogP contribution is 2.28. The molecular weight excluding hydrogens is 410 g/mol. The van der Waals surface area contributed by atoms with Gasteiger partial charge in [-0.1, -0.05) is 5.16 Å². The van der Waals surface area contributed by atoms with E-state index in [4.69, 9.17) is 20.3 Å². The summed E-state index contributed by atoms with van der Waals surface area (Å²) in [6, 6.07) is 3.74. The summed E-state index contributed by atoms with van der Waals surface area (Å²) in [5.41, 5.74) is 10.2. The molecule has 1 fully saturated rings. The van der Waals surface area contributed by atoms with Crippen LogP contribution in [0.4, 0.5) is 5.82 Å². The Morgan fingerprint density at radius 3 is 2.81 bits per heavy atom. The molecule has 1 saturated heterocycles. The number of likely N-dealkylation sites (tertiary alicyclic amines) is 1. The Balaban J connectivity index is 1.47. The van der Waals surface area contributed by atoms with E-state index < -0.39 is 0 Å². The van der Waals surface area contributed by atoms with Crippen molar-refractivity contribution in [3.05, 3.63) is 24.2 Å². The van der Waals surface area contributed by atoms with Crippen LogP contribution in [0.15, 0.2) is 23.5 Å². The van der Waals surface area contributed by atoms with Gasteiger partial charge in [0.15, 0.2) is 5.82 Å². The first kappa shape index (κ1) is 21.9. The van der Waals surface area contributed by atoms with Crippen molar-refractivity contribution in [2.45, 2.75) is 46.3 Å². The maximum absolute atomic E-state index is 11.4. The molecule has 170 valence electrons. The minimum atomic E-state index is 0.109. The van der Waals surface area contributed by atoms with Crippen molar-refractivity contribution in [2.75, 3.05) is 32.0 Å². The number of ether oxygens (including phenoxy) is 1. The number of nitrogens with zero attached hydrogens (tertiary/aromatic N) is 6. The van der Waals surface area contributed by atoms with Crippen LogP contribution in [-0.2, 0) is 27.5 Å². The molecule has 0 aliphatic carbocycles. The van der Waals surface area contributed by atoms with Gasteiger partial charge in [-0.3, -0.25) is 9.78 Å². The van der Waals surface area contributed by atoms with Crippen LogP contribution in [0.1, 0.15) is 38.9 Å². The lowest BCUT2D eigenvalue weighted by atomic mass is 10.1. The van der Waals surface area contributed by atoms with Gasteiger partial charge in [0.05, 0.1) is 11.2 Å². The number of oxime groups is 1. The molecule has 1 aliphatic rings. The monoisotopic (exact) mass is 439 g/mol. The molecule has 0 radical (unpaired) electrons. The molecular formula is C22H29N7O3. The van der Waals surface area contributed by atoms with E-state index >= 15 is 0 Å². The van der Waals surface area contributed by atoms with E-state index in [1.54, 1.807) is 13.1 Å². The van der Waals surface area contributed by atoms with E-state index in [1.807, 2.05) is 24.0 Å². The summed E-state index contributed by atoms with van der Waals surface area (Å²) in [4.78, 5) is 32.5. The SMILES string of the molecule is CCOCc1nc2c(N)nc3cccnc3c2n1CCCON=C1CCN(C(C)=O)CC1. The van der Waals surface area contributed by atoms with Crippen molar-refractivity contribution >= 4 is 39.5 Å². The number of aryl methyl sites for hydroxylation is 1. The summed E-state index contributed by atoms with van der Waals surface area (Å²) in [5.74, 6) is 1.28. The zero-order chi connectivity index (χ0) is 22.5. The van der Waals surface area contributed by atoms with Gasteiger partial charge in [0.25, 0.3) is 0 Å². The lowest BCUT2D eigenvalue weighted by molar-refractivity contribution is -0.128. The van der Waals surface area contributed by atoms with Crippen LogP contribution in [-0.4, -0.2) is 62.3 Å². The number of anilines is 1. The number of piperidine rings is 1. The number of nitrogens with two attached hydrogens (primary N) is 1. The maximum atomic E-state index is 11.4. The zero-order valence-corrected chi connectivity index (χ0v) is 18.6. The number of nitrogen functional groups attached to an aromatic ring is 1. The minimum absolute atomic E-state index is 0.109. The number of imidazole rings is 1. The molecule has 4 heterocycles. The Hall–Kier alpha value is -3.27. The molecule has 0 atom stereocenters. The van der Waals surface area contributed by atoms with Gasteiger partial charge in [-0.25, -0.2) is 9.97 Å². The Morgan fingerprint density at radius 1 is 1.25 bits per heavy atom. The van der Waals surface area contributed by atoms with E-state index in [9.17, 15) is 4.79 Å². The number of carbonyl (C=O) groups is 1. The number of hydrogen-bond acceptors (Lipinski definition) is 8. The zero-order valence-electron chi connectivity index (χ0n) is 18.6. The van der Waals surface area contributed by atoms with Crippen LogP contribution in [0, 0.1) is 0 Å². The number of amides is 1. The Labute approximate surface area is 186 Å². The lowest BCUT2D eigenvalue weighted by Crippen LogP contribution is -2.37. The van der Waals surface area contributed by atoms with Gasteiger partial charge in [0.1, 0.15) is 35.6 Å². The normalized spacial score (nSPS) is 14.3. The first-order valence-corrected chi connectivity index (χ1v) is 11.0. The number of fused-ring (bicyclic) bond motifs is 3. The molecule has 10 nitrogen and oxygen atoms in total. The molecule has 2 N–H and O–H groups in total. The average Bonchev–Trinajstić information content (AvgIpc) is 3.17. The van der Waals surface area contributed by atoms with E-state index in [0.717, 1.165) is 47.3 Å². The fourth-order valence-electron chi connectivity index (χ4n) is 3.91. The van der Waals surface area contributed by atoms with E-state index in [2.05, 4.69) is 19.7 Å². The summed E-state index contributed by atoms with van der Waals surface area (Å²) < 4.78 is 7.73. The molecule has 4 rings (SSSR count). The van der Waals surface area contributed by atoms with Crippen LogP contribution in [0.25, 0.3) is 22.1 Å². The summed E-state index contributed by atoms with van der Waals surface area (Å²) in [7, 11) is 0. The second-order valence-electron chi connectivity index (χ2n) is 7.73. The predicted octanol–water partition coefficient (Wildman–Crippen LogP) is 2.50. The van der Waals surface area contributed by atoms with E-state index in [1.165, 1.54) is 0 Å². The Kier molecular flexibility index (Phi) is 6.79. The number of aromatic nitrogens is 4. The Morgan fingerprint density at radius 2 is 2.06 bits per heavy atom. The highest BCUT2D eigenvalue weighted by Gasteiger charge is 2.19. The number of carbonyl (C=O) groups excluding carboxylic acids is 1. The summed E-state index contributed by atoms with van der Waals surface area (Å²) in [6.45, 7) is 7.07. The molecule has 32 heavy (non-hydrogen) atoms. The molecule has 10 heteroatoms. The van der Waals surface area contributed by atoms with Crippen molar-refractivity contribution in [1.82, 2.24) is 24.4 Å². The van der Waals surface area contributed by atoms with Crippen LogP contribution in [0.3, 0.4) is 0 Å². The topological polar surface area (TPSA) is 121 Å². The highest BCUT2D eigenvalue weighted by atomic mass is 16.6. The van der Waals surface area contributed by atoms with Gasteiger partial charge in [0.2, 0.25) is 5.91 Å². The van der Waals surface area contributed by atoms with Crippen molar-refractivity contribution in [1.29, 1.82) is 0 Å². The molecule has 0 spiro atoms. The molecule has 1 amide bonds. The van der Waals surface area contributed by atoms with E-state index in [-0.39, 0.29) is 5.91 Å². The second kappa shape index (κ2) is 9.90.